The first kappa shape index (κ1) is 13.9. The van der Waals surface area contributed by atoms with E-state index in [2.05, 4.69) is 75.7 Å². The van der Waals surface area contributed by atoms with Gasteiger partial charge in [0.2, 0.25) is 0 Å². The van der Waals surface area contributed by atoms with Crippen LogP contribution in [-0.4, -0.2) is 9.78 Å². The van der Waals surface area contributed by atoms with Crippen LogP contribution in [0, 0.1) is 6.92 Å². The molecule has 3 aromatic rings. The summed E-state index contributed by atoms with van der Waals surface area (Å²) >= 11 is 3.52. The van der Waals surface area contributed by atoms with Crippen molar-refractivity contribution in [1.82, 2.24) is 9.78 Å². The van der Waals surface area contributed by atoms with Crippen molar-refractivity contribution < 1.29 is 0 Å². The van der Waals surface area contributed by atoms with Crippen LogP contribution in [0.2, 0.25) is 0 Å². The van der Waals surface area contributed by atoms with Gasteiger partial charge in [0.25, 0.3) is 0 Å². The van der Waals surface area contributed by atoms with Gasteiger partial charge in [-0.05, 0) is 54.4 Å². The lowest BCUT2D eigenvalue weighted by molar-refractivity contribution is 0.880. The predicted octanol–water partition coefficient (Wildman–Crippen LogP) is 4.56. The first-order valence-electron chi connectivity index (χ1n) is 6.81. The summed E-state index contributed by atoms with van der Waals surface area (Å²) in [5.74, 6) is 0. The zero-order valence-electron chi connectivity index (χ0n) is 11.8. The Bertz CT molecular complexity index is 718. The van der Waals surface area contributed by atoms with Gasteiger partial charge in [-0.1, -0.05) is 28.1 Å². The zero-order valence-corrected chi connectivity index (χ0v) is 13.3. The van der Waals surface area contributed by atoms with E-state index in [0.717, 1.165) is 22.4 Å². The highest BCUT2D eigenvalue weighted by atomic mass is 79.9. The van der Waals surface area contributed by atoms with Gasteiger partial charge in [0.05, 0.1) is 5.69 Å². The lowest BCUT2D eigenvalue weighted by Crippen LogP contribution is -2.00. The number of benzene rings is 2. The fraction of sp³-hybridized carbons (Fsp3) is 0.118. The highest BCUT2D eigenvalue weighted by molar-refractivity contribution is 9.10. The van der Waals surface area contributed by atoms with Gasteiger partial charge in [0.1, 0.15) is 0 Å². The van der Waals surface area contributed by atoms with Gasteiger partial charge in [-0.15, -0.1) is 0 Å². The van der Waals surface area contributed by atoms with Crippen LogP contribution in [0.4, 0.5) is 5.69 Å². The molecular formula is C17H16BrN3. The normalized spacial score (nSPS) is 10.6. The Morgan fingerprint density at radius 1 is 1.14 bits per heavy atom. The number of hydrogen-bond donors (Lipinski definition) is 1. The summed E-state index contributed by atoms with van der Waals surface area (Å²) in [6.07, 6.45) is 3.72. The molecule has 0 aliphatic rings. The maximum atomic E-state index is 4.22. The lowest BCUT2D eigenvalue weighted by Gasteiger charge is -2.09. The van der Waals surface area contributed by atoms with Gasteiger partial charge in [0.15, 0.2) is 0 Å². The molecule has 1 aromatic heterocycles. The molecule has 0 aliphatic heterocycles. The Morgan fingerprint density at radius 3 is 2.62 bits per heavy atom. The second-order valence-corrected chi connectivity index (χ2v) is 5.79. The minimum atomic E-state index is 0.815. The fourth-order valence-electron chi connectivity index (χ4n) is 2.17. The van der Waals surface area contributed by atoms with E-state index in [1.807, 2.05) is 16.9 Å². The van der Waals surface area contributed by atoms with Crippen molar-refractivity contribution in [2.45, 2.75) is 13.5 Å². The monoisotopic (exact) mass is 341 g/mol. The third kappa shape index (κ3) is 3.34. The Hall–Kier alpha value is -2.07. The molecule has 0 aliphatic carbocycles. The largest absolute Gasteiger partial charge is 0.381 e. The highest BCUT2D eigenvalue weighted by Crippen LogP contribution is 2.18. The molecule has 1 heterocycles. The quantitative estimate of drug-likeness (QED) is 0.754. The Kier molecular flexibility index (Phi) is 4.06. The van der Waals surface area contributed by atoms with E-state index >= 15 is 0 Å². The molecule has 0 fully saturated rings. The van der Waals surface area contributed by atoms with E-state index in [1.165, 1.54) is 11.1 Å². The van der Waals surface area contributed by atoms with Gasteiger partial charge >= 0.3 is 0 Å². The minimum absolute atomic E-state index is 0.815. The van der Waals surface area contributed by atoms with Gasteiger partial charge < -0.3 is 5.32 Å². The molecule has 106 valence electrons. The van der Waals surface area contributed by atoms with Crippen molar-refractivity contribution in [2.75, 3.05) is 5.32 Å². The molecule has 2 aromatic carbocycles. The molecule has 0 unspecified atom stereocenters. The Balaban J connectivity index is 1.66. The third-order valence-corrected chi connectivity index (χ3v) is 4.24. The average Bonchev–Trinajstić information content (AvgIpc) is 3.03. The molecule has 0 saturated heterocycles. The molecule has 0 spiro atoms. The maximum absolute atomic E-state index is 4.22. The van der Waals surface area contributed by atoms with E-state index in [-0.39, 0.29) is 0 Å². The fourth-order valence-corrected chi connectivity index (χ4v) is 2.42. The highest BCUT2D eigenvalue weighted by Gasteiger charge is 1.99. The van der Waals surface area contributed by atoms with Gasteiger partial charge in [-0.3, -0.25) is 0 Å². The first-order valence-corrected chi connectivity index (χ1v) is 7.61. The second-order valence-electron chi connectivity index (χ2n) is 4.93. The number of nitrogens with zero attached hydrogens (tertiary/aromatic N) is 2. The molecular weight excluding hydrogens is 326 g/mol. The zero-order chi connectivity index (χ0) is 14.7. The van der Waals surface area contributed by atoms with Crippen molar-refractivity contribution in [3.63, 3.8) is 0 Å². The van der Waals surface area contributed by atoms with E-state index in [4.69, 9.17) is 0 Å². The predicted molar refractivity (Wildman–Crippen MR) is 89.8 cm³/mol. The Labute approximate surface area is 132 Å². The molecule has 0 bridgehead atoms. The van der Waals surface area contributed by atoms with Crippen LogP contribution in [0.25, 0.3) is 5.69 Å². The Morgan fingerprint density at radius 2 is 1.95 bits per heavy atom. The van der Waals surface area contributed by atoms with Gasteiger partial charge in [-0.25, -0.2) is 4.68 Å². The molecule has 4 heteroatoms. The van der Waals surface area contributed by atoms with Crippen LogP contribution in [0.15, 0.2) is 65.4 Å². The van der Waals surface area contributed by atoms with Crippen LogP contribution in [0.5, 0.6) is 0 Å². The molecule has 3 rings (SSSR count). The van der Waals surface area contributed by atoms with Crippen LogP contribution in [-0.2, 0) is 6.54 Å². The summed E-state index contributed by atoms with van der Waals surface area (Å²) in [5.41, 5.74) is 4.69. The summed E-state index contributed by atoms with van der Waals surface area (Å²) < 4.78 is 3.00. The second kappa shape index (κ2) is 6.14. The number of hydrogen-bond acceptors (Lipinski definition) is 2. The van der Waals surface area contributed by atoms with Crippen LogP contribution < -0.4 is 5.32 Å². The number of aromatic nitrogens is 2. The number of aryl methyl sites for hydroxylation is 1. The third-order valence-electron chi connectivity index (χ3n) is 3.36. The lowest BCUT2D eigenvalue weighted by atomic mass is 10.1. The molecule has 0 radical (unpaired) electrons. The molecule has 3 nitrogen and oxygen atoms in total. The summed E-state index contributed by atoms with van der Waals surface area (Å²) in [6, 6.07) is 16.6. The topological polar surface area (TPSA) is 29.9 Å². The van der Waals surface area contributed by atoms with Crippen molar-refractivity contribution in [3.05, 3.63) is 76.5 Å². The summed E-state index contributed by atoms with van der Waals surface area (Å²) in [5, 5.41) is 7.65. The van der Waals surface area contributed by atoms with Crippen LogP contribution in [0.3, 0.4) is 0 Å². The van der Waals surface area contributed by atoms with Gasteiger partial charge in [0, 0.05) is 29.1 Å². The SMILES string of the molecule is Cc1cc(CNc2ccc(-n3cccn3)cc2)ccc1Br. The van der Waals surface area contributed by atoms with Crippen molar-refractivity contribution in [1.29, 1.82) is 0 Å². The number of nitrogens with one attached hydrogen (secondary N) is 1. The van der Waals surface area contributed by atoms with E-state index in [9.17, 15) is 0 Å². The number of anilines is 1. The first-order chi connectivity index (χ1) is 10.2. The van der Waals surface area contributed by atoms with E-state index < -0.39 is 0 Å². The van der Waals surface area contributed by atoms with E-state index in [0.29, 0.717) is 0 Å². The standard InChI is InChI=1S/C17H16BrN3/c1-13-11-14(3-8-17(13)18)12-19-15-4-6-16(7-5-15)21-10-2-9-20-21/h2-11,19H,12H2,1H3. The number of rotatable bonds is 4. The van der Waals surface area contributed by atoms with Crippen molar-refractivity contribution in [2.24, 2.45) is 0 Å². The summed E-state index contributed by atoms with van der Waals surface area (Å²) in [6.45, 7) is 2.92. The molecule has 0 atom stereocenters. The number of halogens is 1. The maximum Gasteiger partial charge on any atom is 0.0647 e. The molecule has 0 saturated carbocycles. The van der Waals surface area contributed by atoms with Crippen molar-refractivity contribution >= 4 is 21.6 Å². The summed E-state index contributed by atoms with van der Waals surface area (Å²) in [4.78, 5) is 0. The molecule has 1 N–H and O–H groups in total. The van der Waals surface area contributed by atoms with E-state index in [1.54, 1.807) is 6.20 Å². The van der Waals surface area contributed by atoms with Crippen molar-refractivity contribution in [3.8, 4) is 5.69 Å². The smallest absolute Gasteiger partial charge is 0.0647 e. The minimum Gasteiger partial charge on any atom is -0.381 e. The summed E-state index contributed by atoms with van der Waals surface area (Å²) in [7, 11) is 0. The van der Waals surface area contributed by atoms with Crippen LogP contribution >= 0.6 is 15.9 Å². The molecule has 21 heavy (non-hydrogen) atoms. The molecule has 0 amide bonds. The van der Waals surface area contributed by atoms with Crippen LogP contribution in [0.1, 0.15) is 11.1 Å². The van der Waals surface area contributed by atoms with Gasteiger partial charge in [-0.2, -0.15) is 5.10 Å². The average molecular weight is 342 g/mol.